The summed E-state index contributed by atoms with van der Waals surface area (Å²) in [6.07, 6.45) is 4.37. The largest absolute Gasteiger partial charge is 0.382 e. The van der Waals surface area contributed by atoms with Gasteiger partial charge in [0.1, 0.15) is 21.8 Å². The molecule has 0 aliphatic heterocycles. The van der Waals surface area contributed by atoms with E-state index in [4.69, 9.17) is 4.99 Å². The molecule has 40 heavy (non-hydrogen) atoms. The Hall–Kier alpha value is -3.85. The first-order chi connectivity index (χ1) is 19.5. The molecule has 5 aromatic rings. The quantitative estimate of drug-likeness (QED) is 0.284. The van der Waals surface area contributed by atoms with Crippen molar-refractivity contribution < 1.29 is 9.90 Å². The molecule has 8 rings (SSSR count). The molecule has 1 unspecified atom stereocenters. The molecule has 1 spiro atoms. The lowest BCUT2D eigenvalue weighted by Gasteiger charge is -2.34. The number of rotatable bonds is 2. The van der Waals surface area contributed by atoms with Crippen molar-refractivity contribution >= 4 is 54.9 Å². The normalized spacial score (nSPS) is 19.9. The third-order valence-electron chi connectivity index (χ3n) is 8.67. The van der Waals surface area contributed by atoms with Crippen LogP contribution in [-0.4, -0.2) is 16.6 Å². The number of nitrogens with zero attached hydrogens (tertiary/aromatic N) is 2. The second-order valence-electron chi connectivity index (χ2n) is 10.8. The summed E-state index contributed by atoms with van der Waals surface area (Å²) in [4.78, 5) is 50.5. The SMILES string of the molecule is O=C1/C(=N/c2cc3c(s2)-c2sc(N=c4c(=O)c5ccccc5c4=O)cc2C32CCCCC2)C(O)c2ccccc21. The van der Waals surface area contributed by atoms with Gasteiger partial charge in [-0.25, -0.2) is 9.98 Å². The van der Waals surface area contributed by atoms with Gasteiger partial charge in [-0.05, 0) is 41.7 Å². The van der Waals surface area contributed by atoms with E-state index in [1.165, 1.54) is 40.2 Å². The van der Waals surface area contributed by atoms with Crippen molar-refractivity contribution in [2.75, 3.05) is 0 Å². The van der Waals surface area contributed by atoms with Gasteiger partial charge >= 0.3 is 0 Å². The molecule has 0 amide bonds. The average Bonchev–Trinajstić information content (AvgIpc) is 3.75. The van der Waals surface area contributed by atoms with E-state index in [2.05, 4.69) is 17.1 Å². The maximum Gasteiger partial charge on any atom is 0.216 e. The van der Waals surface area contributed by atoms with Gasteiger partial charge in [0.15, 0.2) is 5.36 Å². The molecule has 0 saturated heterocycles. The van der Waals surface area contributed by atoms with Crippen molar-refractivity contribution in [2.45, 2.75) is 43.6 Å². The molecule has 3 aliphatic carbocycles. The smallest absolute Gasteiger partial charge is 0.216 e. The van der Waals surface area contributed by atoms with Crippen LogP contribution >= 0.6 is 22.7 Å². The molecule has 2 heterocycles. The molecule has 1 saturated carbocycles. The number of aliphatic imine (C=N–C) groups is 1. The molecule has 3 aliphatic rings. The molecule has 8 heteroatoms. The maximum absolute atomic E-state index is 13.0. The van der Waals surface area contributed by atoms with Crippen LogP contribution in [0.5, 0.6) is 0 Å². The monoisotopic (exact) mass is 562 g/mol. The van der Waals surface area contributed by atoms with Crippen molar-refractivity contribution in [1.29, 1.82) is 0 Å². The van der Waals surface area contributed by atoms with Crippen LogP contribution in [0.15, 0.2) is 80.2 Å². The summed E-state index contributed by atoms with van der Waals surface area (Å²) in [7, 11) is 0. The minimum absolute atomic E-state index is 0.0226. The van der Waals surface area contributed by atoms with Crippen LogP contribution in [0.3, 0.4) is 0 Å². The fraction of sp³-hybridized carbons (Fsp3) is 0.219. The highest BCUT2D eigenvalue weighted by Crippen LogP contribution is 2.62. The summed E-state index contributed by atoms with van der Waals surface area (Å²) >= 11 is 3.03. The van der Waals surface area contributed by atoms with E-state index < -0.39 is 6.10 Å². The Bertz CT molecular complexity index is 2030. The van der Waals surface area contributed by atoms with Crippen LogP contribution in [-0.2, 0) is 5.41 Å². The van der Waals surface area contributed by atoms with Crippen LogP contribution in [0.4, 0.5) is 10.0 Å². The molecule has 0 radical (unpaired) electrons. The zero-order chi connectivity index (χ0) is 27.2. The molecule has 1 fully saturated rings. The first-order valence-electron chi connectivity index (χ1n) is 13.4. The third kappa shape index (κ3) is 3.21. The van der Waals surface area contributed by atoms with Crippen molar-refractivity contribution in [2.24, 2.45) is 9.98 Å². The maximum atomic E-state index is 13.0. The Balaban J connectivity index is 1.27. The van der Waals surface area contributed by atoms with Gasteiger partial charge < -0.3 is 5.11 Å². The molecule has 1 atom stereocenters. The highest BCUT2D eigenvalue weighted by atomic mass is 32.1. The van der Waals surface area contributed by atoms with Gasteiger partial charge in [0.05, 0.1) is 9.75 Å². The van der Waals surface area contributed by atoms with E-state index in [0.29, 0.717) is 31.9 Å². The van der Waals surface area contributed by atoms with Crippen molar-refractivity contribution in [3.05, 3.63) is 109 Å². The summed E-state index contributed by atoms with van der Waals surface area (Å²) in [5.74, 6) is -0.231. The number of benzene rings is 2. The second-order valence-corrected chi connectivity index (χ2v) is 12.8. The van der Waals surface area contributed by atoms with E-state index >= 15 is 0 Å². The number of Topliss-reactive ketones (excluding diaryl/α,β-unsaturated/α-hetero) is 1. The zero-order valence-electron chi connectivity index (χ0n) is 21.3. The minimum Gasteiger partial charge on any atom is -0.382 e. The molecule has 1 N–H and O–H groups in total. The van der Waals surface area contributed by atoms with E-state index in [1.807, 2.05) is 6.07 Å². The number of aliphatic hydroxyl groups is 1. The van der Waals surface area contributed by atoms with Crippen LogP contribution in [0.25, 0.3) is 20.5 Å². The summed E-state index contributed by atoms with van der Waals surface area (Å²) in [5.41, 5.74) is 2.91. The number of hydrogen-bond acceptors (Lipinski definition) is 8. The predicted octanol–water partition coefficient (Wildman–Crippen LogP) is 6.02. The number of aliphatic hydroxyl groups excluding tert-OH is 1. The molecule has 0 bridgehead atoms. The van der Waals surface area contributed by atoms with Crippen LogP contribution in [0.1, 0.15) is 65.3 Å². The highest BCUT2D eigenvalue weighted by molar-refractivity contribution is 7.26. The first kappa shape index (κ1) is 24.0. The number of hydrogen-bond donors (Lipinski definition) is 1. The fourth-order valence-corrected chi connectivity index (χ4v) is 9.22. The Morgan fingerprint density at radius 2 is 1.32 bits per heavy atom. The first-order valence-corrected chi connectivity index (χ1v) is 15.1. The predicted molar refractivity (Wildman–Crippen MR) is 158 cm³/mol. The molecule has 6 nitrogen and oxygen atoms in total. The Kier molecular flexibility index (Phi) is 5.14. The molecular formula is C32H22N2O4S2. The van der Waals surface area contributed by atoms with Gasteiger partial charge in [-0.3, -0.25) is 14.4 Å². The summed E-state index contributed by atoms with van der Waals surface area (Å²) in [5, 5.41) is 13.0. The average molecular weight is 563 g/mol. The van der Waals surface area contributed by atoms with E-state index in [1.54, 1.807) is 42.5 Å². The summed E-state index contributed by atoms with van der Waals surface area (Å²) < 4.78 is 0. The Morgan fingerprint density at radius 1 is 0.750 bits per heavy atom. The number of fused-ring (bicyclic) bond motifs is 7. The third-order valence-corrected chi connectivity index (χ3v) is 10.9. The number of thiophene rings is 2. The fourth-order valence-electron chi connectivity index (χ4n) is 6.79. The molecule has 196 valence electrons. The van der Waals surface area contributed by atoms with Gasteiger partial charge in [0.25, 0.3) is 0 Å². The van der Waals surface area contributed by atoms with Crippen molar-refractivity contribution in [3.8, 4) is 9.75 Å². The number of carbonyl (C=O) groups is 1. The number of ketones is 1. The molecule has 3 aromatic carbocycles. The zero-order valence-corrected chi connectivity index (χ0v) is 22.9. The Morgan fingerprint density at radius 3 is 1.95 bits per heavy atom. The number of carbonyl (C=O) groups excluding carboxylic acids is 1. The van der Waals surface area contributed by atoms with Gasteiger partial charge in [-0.1, -0.05) is 67.8 Å². The lowest BCUT2D eigenvalue weighted by molar-refractivity contribution is 0.106. The van der Waals surface area contributed by atoms with Gasteiger partial charge in [-0.2, -0.15) is 0 Å². The van der Waals surface area contributed by atoms with Crippen LogP contribution in [0.2, 0.25) is 0 Å². The lowest BCUT2D eigenvalue weighted by Crippen LogP contribution is -2.31. The van der Waals surface area contributed by atoms with Crippen LogP contribution in [0, 0.1) is 0 Å². The molecule has 2 aromatic heterocycles. The topological polar surface area (TPSA) is 96.2 Å². The minimum atomic E-state index is -1.03. The lowest BCUT2D eigenvalue weighted by atomic mass is 9.68. The van der Waals surface area contributed by atoms with E-state index in [9.17, 15) is 19.5 Å². The van der Waals surface area contributed by atoms with Gasteiger partial charge in [0.2, 0.25) is 16.6 Å². The van der Waals surface area contributed by atoms with E-state index in [-0.39, 0.29) is 33.1 Å². The standard InChI is InChI=1S/C32H22N2O4S2/c35-26-16-8-2-3-9-17(16)27(36)24(26)33-22-14-20-30(39-22)31-21(32(20)12-6-1-7-13-32)15-23(40-31)34-25-28(37)18-10-4-5-11-19(18)29(25)38/h2-5,8-11,14-15,26,35H,1,6-7,12-13H2/b33-24+. The highest BCUT2D eigenvalue weighted by Gasteiger charge is 2.47. The van der Waals surface area contributed by atoms with Crippen molar-refractivity contribution in [1.82, 2.24) is 0 Å². The van der Waals surface area contributed by atoms with Crippen molar-refractivity contribution in [3.63, 3.8) is 0 Å². The Labute approximate surface area is 236 Å². The van der Waals surface area contributed by atoms with E-state index in [0.717, 1.165) is 35.4 Å². The second kappa shape index (κ2) is 8.57. The summed E-state index contributed by atoms with van der Waals surface area (Å²) in [6.45, 7) is 0. The van der Waals surface area contributed by atoms with Crippen LogP contribution < -0.4 is 16.2 Å². The summed E-state index contributed by atoms with van der Waals surface area (Å²) in [6, 6.07) is 18.1. The van der Waals surface area contributed by atoms with Gasteiger partial charge in [0, 0.05) is 21.8 Å². The molecular weight excluding hydrogens is 540 g/mol. The van der Waals surface area contributed by atoms with Gasteiger partial charge in [-0.15, -0.1) is 22.7 Å².